The number of hydrogen-bond acceptors (Lipinski definition) is 3. The minimum Gasteiger partial charge on any atom is -0.494 e. The first kappa shape index (κ1) is 16.9. The van der Waals surface area contributed by atoms with Crippen LogP contribution in [0.5, 0.6) is 5.75 Å². The Labute approximate surface area is 121 Å². The highest BCUT2D eigenvalue weighted by Crippen LogP contribution is 2.23. The zero-order valence-electron chi connectivity index (χ0n) is 12.7. The fourth-order valence-corrected chi connectivity index (χ4v) is 2.35. The number of rotatable bonds is 9. The largest absolute Gasteiger partial charge is 0.494 e. The second-order valence-corrected chi connectivity index (χ2v) is 5.19. The number of ether oxygens (including phenoxy) is 1. The zero-order chi connectivity index (χ0) is 15.0. The van der Waals surface area contributed by atoms with Crippen molar-refractivity contribution in [2.45, 2.75) is 39.2 Å². The number of aliphatic hydroxyl groups is 1. The summed E-state index contributed by atoms with van der Waals surface area (Å²) in [6, 6.07) is 5.07. The summed E-state index contributed by atoms with van der Waals surface area (Å²) in [6.45, 7) is 5.29. The van der Waals surface area contributed by atoms with Crippen LogP contribution >= 0.6 is 0 Å². The molecule has 0 aliphatic carbocycles. The summed E-state index contributed by atoms with van der Waals surface area (Å²) in [4.78, 5) is 0. The Hall–Kier alpha value is -1.13. The van der Waals surface area contributed by atoms with Crippen LogP contribution in [0.25, 0.3) is 0 Å². The van der Waals surface area contributed by atoms with Crippen LogP contribution in [-0.4, -0.2) is 25.4 Å². The number of hydrogen-bond donors (Lipinski definition) is 2. The van der Waals surface area contributed by atoms with Gasteiger partial charge in [-0.2, -0.15) is 0 Å². The first-order valence-corrected chi connectivity index (χ1v) is 7.30. The highest BCUT2D eigenvalue weighted by atomic mass is 19.1. The van der Waals surface area contributed by atoms with E-state index in [9.17, 15) is 4.39 Å². The summed E-state index contributed by atoms with van der Waals surface area (Å²) in [6.07, 6.45) is 3.04. The lowest BCUT2D eigenvalue weighted by molar-refractivity contribution is 0.245. The van der Waals surface area contributed by atoms with Crippen molar-refractivity contribution in [3.8, 4) is 5.75 Å². The lowest BCUT2D eigenvalue weighted by Gasteiger charge is -2.20. The smallest absolute Gasteiger partial charge is 0.165 e. The zero-order valence-corrected chi connectivity index (χ0v) is 12.7. The summed E-state index contributed by atoms with van der Waals surface area (Å²) in [5, 5.41) is 12.5. The molecule has 0 radical (unpaired) electrons. The topological polar surface area (TPSA) is 41.5 Å². The molecule has 0 spiro atoms. The van der Waals surface area contributed by atoms with Crippen molar-refractivity contribution in [1.82, 2.24) is 5.32 Å². The molecule has 3 nitrogen and oxygen atoms in total. The number of aliphatic hydroxyl groups excluding tert-OH is 1. The fraction of sp³-hybridized carbons (Fsp3) is 0.625. The molecule has 0 fully saturated rings. The van der Waals surface area contributed by atoms with Crippen LogP contribution in [0.15, 0.2) is 18.2 Å². The lowest BCUT2D eigenvalue weighted by Crippen LogP contribution is -2.26. The normalized spacial score (nSPS) is 14.1. The van der Waals surface area contributed by atoms with Crippen LogP contribution in [0.3, 0.4) is 0 Å². The average Bonchev–Trinajstić information content (AvgIpc) is 2.45. The van der Waals surface area contributed by atoms with Crippen molar-refractivity contribution in [2.75, 3.05) is 20.3 Å². The molecule has 0 saturated carbocycles. The van der Waals surface area contributed by atoms with Gasteiger partial charge in [0.05, 0.1) is 7.11 Å². The molecule has 1 aromatic rings. The predicted octanol–water partition coefficient (Wildman–Crippen LogP) is 3.28. The molecular weight excluding hydrogens is 257 g/mol. The monoisotopic (exact) mass is 283 g/mol. The number of nitrogens with one attached hydrogen (secondary N) is 1. The van der Waals surface area contributed by atoms with Gasteiger partial charge in [-0.05, 0) is 49.9 Å². The van der Waals surface area contributed by atoms with Crippen molar-refractivity contribution in [3.05, 3.63) is 29.6 Å². The van der Waals surface area contributed by atoms with Gasteiger partial charge in [-0.15, -0.1) is 0 Å². The van der Waals surface area contributed by atoms with E-state index in [0.717, 1.165) is 31.4 Å². The van der Waals surface area contributed by atoms with Gasteiger partial charge < -0.3 is 15.2 Å². The molecule has 20 heavy (non-hydrogen) atoms. The predicted molar refractivity (Wildman–Crippen MR) is 79.5 cm³/mol. The summed E-state index contributed by atoms with van der Waals surface area (Å²) in [5.74, 6) is 0.416. The highest BCUT2D eigenvalue weighted by Gasteiger charge is 2.12. The summed E-state index contributed by atoms with van der Waals surface area (Å²) in [5.41, 5.74) is 1.00. The summed E-state index contributed by atoms with van der Waals surface area (Å²) in [7, 11) is 1.47. The van der Waals surface area contributed by atoms with E-state index in [1.165, 1.54) is 13.2 Å². The third-order valence-electron chi connectivity index (χ3n) is 3.62. The van der Waals surface area contributed by atoms with Gasteiger partial charge in [0, 0.05) is 12.6 Å². The van der Waals surface area contributed by atoms with E-state index >= 15 is 0 Å². The molecule has 2 N–H and O–H groups in total. The van der Waals surface area contributed by atoms with Gasteiger partial charge in [-0.3, -0.25) is 0 Å². The molecule has 0 bridgehead atoms. The fourth-order valence-electron chi connectivity index (χ4n) is 2.35. The second kappa shape index (κ2) is 8.93. The Morgan fingerprint density at radius 3 is 2.70 bits per heavy atom. The van der Waals surface area contributed by atoms with Crippen LogP contribution in [0, 0.1) is 11.7 Å². The van der Waals surface area contributed by atoms with E-state index in [0.29, 0.717) is 5.92 Å². The molecule has 0 aliphatic heterocycles. The van der Waals surface area contributed by atoms with Gasteiger partial charge in [0.25, 0.3) is 0 Å². The average molecular weight is 283 g/mol. The van der Waals surface area contributed by atoms with E-state index < -0.39 is 0 Å². The minimum absolute atomic E-state index is 0.127. The Morgan fingerprint density at radius 1 is 1.35 bits per heavy atom. The molecular formula is C16H26FNO2. The van der Waals surface area contributed by atoms with Crippen LogP contribution in [0.2, 0.25) is 0 Å². The van der Waals surface area contributed by atoms with Crippen molar-refractivity contribution in [1.29, 1.82) is 0 Å². The molecule has 0 heterocycles. The maximum absolute atomic E-state index is 13.4. The first-order valence-electron chi connectivity index (χ1n) is 7.30. The molecule has 114 valence electrons. The van der Waals surface area contributed by atoms with Crippen LogP contribution < -0.4 is 10.1 Å². The Kier molecular flexibility index (Phi) is 7.55. The molecule has 2 unspecified atom stereocenters. The molecule has 1 aromatic carbocycles. The van der Waals surface area contributed by atoms with Gasteiger partial charge in [-0.1, -0.05) is 19.4 Å². The number of methoxy groups -OCH3 is 1. The van der Waals surface area contributed by atoms with Gasteiger partial charge in [-0.25, -0.2) is 4.39 Å². The molecule has 0 aromatic heterocycles. The van der Waals surface area contributed by atoms with Gasteiger partial charge in [0.2, 0.25) is 0 Å². The molecule has 0 aliphatic rings. The lowest BCUT2D eigenvalue weighted by atomic mass is 9.99. The first-order chi connectivity index (χ1) is 9.62. The van der Waals surface area contributed by atoms with Crippen molar-refractivity contribution in [3.63, 3.8) is 0 Å². The minimum atomic E-state index is -0.340. The quantitative estimate of drug-likeness (QED) is 0.731. The van der Waals surface area contributed by atoms with Gasteiger partial charge in [0.15, 0.2) is 11.6 Å². The summed E-state index contributed by atoms with van der Waals surface area (Å²) < 4.78 is 18.4. The van der Waals surface area contributed by atoms with E-state index in [2.05, 4.69) is 19.2 Å². The molecule has 2 atom stereocenters. The van der Waals surface area contributed by atoms with E-state index in [1.807, 2.05) is 0 Å². The SMILES string of the molecule is CCCC(CCO)CNC(C)c1ccc(F)c(OC)c1. The third kappa shape index (κ3) is 5.10. The number of benzene rings is 1. The summed E-state index contributed by atoms with van der Waals surface area (Å²) >= 11 is 0. The Morgan fingerprint density at radius 2 is 2.10 bits per heavy atom. The van der Waals surface area contributed by atoms with Gasteiger partial charge >= 0.3 is 0 Å². The Balaban J connectivity index is 2.59. The van der Waals surface area contributed by atoms with Crippen LogP contribution in [-0.2, 0) is 0 Å². The molecule has 0 saturated heterocycles. The van der Waals surface area contributed by atoms with Crippen LogP contribution in [0.4, 0.5) is 4.39 Å². The molecule has 1 rings (SSSR count). The third-order valence-corrected chi connectivity index (χ3v) is 3.62. The van der Waals surface area contributed by atoms with Crippen molar-refractivity contribution >= 4 is 0 Å². The van der Waals surface area contributed by atoms with E-state index in [4.69, 9.17) is 9.84 Å². The Bertz CT molecular complexity index is 392. The standard InChI is InChI=1S/C16H26FNO2/c1-4-5-13(8-9-19)11-18-12(2)14-6-7-15(17)16(10-14)20-3/h6-7,10,12-13,18-19H,4-5,8-9,11H2,1-3H3. The van der Waals surface area contributed by atoms with Crippen LogP contribution in [0.1, 0.15) is 44.7 Å². The second-order valence-electron chi connectivity index (χ2n) is 5.19. The van der Waals surface area contributed by atoms with Crippen molar-refractivity contribution in [2.24, 2.45) is 5.92 Å². The van der Waals surface area contributed by atoms with Gasteiger partial charge in [0.1, 0.15) is 0 Å². The van der Waals surface area contributed by atoms with E-state index in [1.54, 1.807) is 12.1 Å². The molecule has 4 heteroatoms. The highest BCUT2D eigenvalue weighted by molar-refractivity contribution is 5.31. The molecule has 0 amide bonds. The number of halogens is 1. The maximum Gasteiger partial charge on any atom is 0.165 e. The maximum atomic E-state index is 13.4. The van der Waals surface area contributed by atoms with Crippen molar-refractivity contribution < 1.29 is 14.2 Å². The van der Waals surface area contributed by atoms with E-state index in [-0.39, 0.29) is 24.2 Å².